The number of carbonyl (C=O) groups excluding carboxylic acids is 1. The van der Waals surface area contributed by atoms with Gasteiger partial charge in [-0.15, -0.1) is 0 Å². The molecule has 0 radical (unpaired) electrons. The van der Waals surface area contributed by atoms with Crippen LogP contribution in [0.5, 0.6) is 0 Å². The highest BCUT2D eigenvalue weighted by molar-refractivity contribution is 6.05. The van der Waals surface area contributed by atoms with E-state index in [-0.39, 0.29) is 11.3 Å². The van der Waals surface area contributed by atoms with Gasteiger partial charge in [-0.2, -0.15) is 13.2 Å². The Kier molecular flexibility index (Phi) is 5.26. The van der Waals surface area contributed by atoms with Crippen LogP contribution in [-0.2, 0) is 12.6 Å². The van der Waals surface area contributed by atoms with Crippen molar-refractivity contribution in [2.45, 2.75) is 33.4 Å². The van der Waals surface area contributed by atoms with Crippen LogP contribution in [0.3, 0.4) is 0 Å². The molecule has 0 N–H and O–H groups in total. The van der Waals surface area contributed by atoms with Gasteiger partial charge in [0.15, 0.2) is 0 Å². The molecule has 0 unspecified atom stereocenters. The van der Waals surface area contributed by atoms with Gasteiger partial charge in [0.2, 0.25) is 0 Å². The van der Waals surface area contributed by atoms with Crippen LogP contribution in [0.2, 0.25) is 0 Å². The van der Waals surface area contributed by atoms with Crippen LogP contribution in [-0.4, -0.2) is 13.0 Å². The first kappa shape index (κ1) is 19.0. The van der Waals surface area contributed by atoms with Gasteiger partial charge in [0.1, 0.15) is 0 Å². The van der Waals surface area contributed by atoms with E-state index in [1.54, 1.807) is 13.1 Å². The van der Waals surface area contributed by atoms with Gasteiger partial charge in [0, 0.05) is 18.3 Å². The topological polar surface area (TPSA) is 20.3 Å². The summed E-state index contributed by atoms with van der Waals surface area (Å²) in [7, 11) is 1.56. The smallest absolute Gasteiger partial charge is 0.311 e. The molecule has 0 saturated carbocycles. The van der Waals surface area contributed by atoms with Crippen LogP contribution in [0.25, 0.3) is 0 Å². The Balaban J connectivity index is 2.21. The zero-order valence-electron chi connectivity index (χ0n) is 14.8. The first-order valence-electron chi connectivity index (χ1n) is 8.02. The monoisotopic (exact) mass is 349 g/mol. The summed E-state index contributed by atoms with van der Waals surface area (Å²) >= 11 is 0. The second-order valence-corrected chi connectivity index (χ2v) is 7.35. The van der Waals surface area contributed by atoms with Gasteiger partial charge in [-0.05, 0) is 53.8 Å². The van der Waals surface area contributed by atoms with Crippen molar-refractivity contribution in [3.05, 3.63) is 65.2 Å². The van der Waals surface area contributed by atoms with Gasteiger partial charge in [0.05, 0.1) is 5.56 Å². The Bertz CT molecular complexity index is 743. The predicted octanol–water partition coefficient (Wildman–Crippen LogP) is 5.57. The lowest BCUT2D eigenvalue weighted by molar-refractivity contribution is -0.137. The number of halogens is 3. The fourth-order valence-corrected chi connectivity index (χ4v) is 2.61. The summed E-state index contributed by atoms with van der Waals surface area (Å²) in [6.45, 7) is 6.36. The molecule has 0 atom stereocenters. The van der Waals surface area contributed by atoms with Crippen LogP contribution < -0.4 is 4.90 Å². The van der Waals surface area contributed by atoms with Crippen molar-refractivity contribution in [1.29, 1.82) is 0 Å². The van der Waals surface area contributed by atoms with Crippen LogP contribution in [0.15, 0.2) is 48.5 Å². The third-order valence-corrected chi connectivity index (χ3v) is 3.79. The summed E-state index contributed by atoms with van der Waals surface area (Å²) in [5.74, 6) is -0.254. The highest BCUT2D eigenvalue weighted by atomic mass is 19.4. The molecule has 2 aromatic carbocycles. The summed E-state index contributed by atoms with van der Waals surface area (Å²) < 4.78 is 37.9. The normalized spacial score (nSPS) is 12.1. The lowest BCUT2D eigenvalue weighted by atomic mass is 9.87. The molecule has 2 rings (SSSR count). The van der Waals surface area contributed by atoms with Crippen LogP contribution in [0.1, 0.15) is 42.3 Å². The van der Waals surface area contributed by atoms with Crippen molar-refractivity contribution in [2.75, 3.05) is 11.9 Å². The molecular weight excluding hydrogens is 327 g/mol. The number of rotatable bonds is 3. The van der Waals surface area contributed by atoms with E-state index in [0.29, 0.717) is 11.3 Å². The Morgan fingerprint density at radius 2 is 1.60 bits per heavy atom. The third kappa shape index (κ3) is 5.08. The minimum atomic E-state index is -4.39. The highest BCUT2D eigenvalue weighted by Crippen LogP contribution is 2.30. The molecule has 0 aromatic heterocycles. The SMILES string of the molecule is CN(C(=O)c1cccc(CC(C)(C)C)c1)c1ccc(C(F)(F)F)cc1. The quantitative estimate of drug-likeness (QED) is 0.709. The molecule has 2 nitrogen and oxygen atoms in total. The number of hydrogen-bond donors (Lipinski definition) is 0. The average Bonchev–Trinajstić information content (AvgIpc) is 2.51. The lowest BCUT2D eigenvalue weighted by Gasteiger charge is -2.20. The van der Waals surface area contributed by atoms with Gasteiger partial charge in [-0.1, -0.05) is 32.9 Å². The van der Waals surface area contributed by atoms with E-state index in [9.17, 15) is 18.0 Å². The molecule has 0 aliphatic carbocycles. The molecule has 1 amide bonds. The van der Waals surface area contributed by atoms with E-state index in [0.717, 1.165) is 24.1 Å². The Morgan fingerprint density at radius 3 is 2.12 bits per heavy atom. The molecule has 0 bridgehead atoms. The number of benzene rings is 2. The van der Waals surface area contributed by atoms with Crippen molar-refractivity contribution in [3.8, 4) is 0 Å². The summed E-state index contributed by atoms with van der Waals surface area (Å²) in [5, 5.41) is 0. The van der Waals surface area contributed by atoms with Crippen LogP contribution in [0, 0.1) is 5.41 Å². The largest absolute Gasteiger partial charge is 0.416 e. The number of carbonyl (C=O) groups is 1. The van der Waals surface area contributed by atoms with Crippen molar-refractivity contribution in [3.63, 3.8) is 0 Å². The molecule has 0 heterocycles. The fraction of sp³-hybridized carbons (Fsp3) is 0.350. The van der Waals surface area contributed by atoms with E-state index in [1.807, 2.05) is 18.2 Å². The molecule has 25 heavy (non-hydrogen) atoms. The summed E-state index contributed by atoms with van der Waals surface area (Å²) in [6, 6.07) is 11.9. The van der Waals surface area contributed by atoms with Crippen molar-refractivity contribution in [2.24, 2.45) is 5.41 Å². The molecule has 5 heteroatoms. The number of nitrogens with zero attached hydrogens (tertiary/aromatic N) is 1. The van der Waals surface area contributed by atoms with Gasteiger partial charge in [-0.3, -0.25) is 4.79 Å². The molecule has 2 aromatic rings. The van der Waals surface area contributed by atoms with E-state index < -0.39 is 11.7 Å². The van der Waals surface area contributed by atoms with Crippen molar-refractivity contribution < 1.29 is 18.0 Å². The van der Waals surface area contributed by atoms with E-state index >= 15 is 0 Å². The van der Waals surface area contributed by atoms with E-state index in [1.165, 1.54) is 17.0 Å². The molecule has 0 spiro atoms. The Morgan fingerprint density at radius 1 is 1.00 bits per heavy atom. The highest BCUT2D eigenvalue weighted by Gasteiger charge is 2.30. The van der Waals surface area contributed by atoms with E-state index in [4.69, 9.17) is 0 Å². The van der Waals surface area contributed by atoms with Gasteiger partial charge < -0.3 is 4.90 Å². The summed E-state index contributed by atoms with van der Waals surface area (Å²) in [6.07, 6.45) is -3.56. The maximum Gasteiger partial charge on any atom is 0.416 e. The lowest BCUT2D eigenvalue weighted by Crippen LogP contribution is -2.26. The molecule has 0 saturated heterocycles. The van der Waals surface area contributed by atoms with Crippen LogP contribution >= 0.6 is 0 Å². The second-order valence-electron chi connectivity index (χ2n) is 7.35. The first-order chi connectivity index (χ1) is 11.5. The molecule has 0 aliphatic heterocycles. The summed E-state index contributed by atoms with van der Waals surface area (Å²) in [4.78, 5) is 14.0. The van der Waals surface area contributed by atoms with Gasteiger partial charge in [0.25, 0.3) is 5.91 Å². The zero-order valence-corrected chi connectivity index (χ0v) is 14.8. The summed E-state index contributed by atoms with van der Waals surface area (Å²) in [5.41, 5.74) is 1.35. The molecular formula is C20H22F3NO. The zero-order chi connectivity index (χ0) is 18.8. The van der Waals surface area contributed by atoms with Crippen molar-refractivity contribution in [1.82, 2.24) is 0 Å². The minimum absolute atomic E-state index is 0.0982. The van der Waals surface area contributed by atoms with Crippen LogP contribution in [0.4, 0.5) is 18.9 Å². The Hall–Kier alpha value is -2.30. The van der Waals surface area contributed by atoms with Gasteiger partial charge >= 0.3 is 6.18 Å². The third-order valence-electron chi connectivity index (χ3n) is 3.79. The second kappa shape index (κ2) is 6.90. The number of hydrogen-bond acceptors (Lipinski definition) is 1. The fourth-order valence-electron chi connectivity index (χ4n) is 2.61. The maximum atomic E-state index is 12.6. The Labute approximate surface area is 146 Å². The molecule has 0 aliphatic rings. The molecule has 134 valence electrons. The number of amides is 1. The standard InChI is InChI=1S/C20H22F3NO/c1-19(2,3)13-14-6-5-7-15(12-14)18(25)24(4)17-10-8-16(9-11-17)20(21,22)23/h5-12H,13H2,1-4H3. The predicted molar refractivity (Wildman–Crippen MR) is 93.8 cm³/mol. The van der Waals surface area contributed by atoms with Crippen molar-refractivity contribution >= 4 is 11.6 Å². The van der Waals surface area contributed by atoms with E-state index in [2.05, 4.69) is 20.8 Å². The van der Waals surface area contributed by atoms with Gasteiger partial charge in [-0.25, -0.2) is 0 Å². The average molecular weight is 349 g/mol. The first-order valence-corrected chi connectivity index (χ1v) is 8.02. The number of anilines is 1. The maximum absolute atomic E-state index is 12.6. The molecule has 0 fully saturated rings. The minimum Gasteiger partial charge on any atom is -0.311 e. The number of alkyl halides is 3.